The molecule has 3 aromatic rings. The number of carbonyl (C=O) groups is 1. The van der Waals surface area contributed by atoms with E-state index < -0.39 is 11.9 Å². The SMILES string of the molecule is N/N=C/NOCCN(CC(c1ccccc1)c1ccccc1)c1ncc2n(c1=O)[C@H](C(N)=O)CC2. The van der Waals surface area contributed by atoms with E-state index in [0.29, 0.717) is 31.6 Å². The molecule has 1 aliphatic heterocycles. The maximum Gasteiger partial charge on any atom is 0.294 e. The normalized spacial score (nSPS) is 14.8. The minimum absolute atomic E-state index is 0.0395. The van der Waals surface area contributed by atoms with Crippen LogP contribution in [-0.2, 0) is 16.1 Å². The number of amides is 1. The minimum Gasteiger partial charge on any atom is -0.368 e. The van der Waals surface area contributed by atoms with Gasteiger partial charge in [0.1, 0.15) is 12.4 Å². The number of primary amides is 1. The fourth-order valence-electron chi connectivity index (χ4n) is 4.48. The molecule has 0 radical (unpaired) electrons. The number of aryl methyl sites for hydroxylation is 1. The summed E-state index contributed by atoms with van der Waals surface area (Å²) in [5, 5.41) is 3.33. The minimum atomic E-state index is -0.668. The molecule has 1 atom stereocenters. The summed E-state index contributed by atoms with van der Waals surface area (Å²) in [7, 11) is 0. The Morgan fingerprint density at radius 1 is 1.20 bits per heavy atom. The number of hydrogen-bond acceptors (Lipinski definition) is 7. The molecule has 1 aliphatic rings. The molecule has 35 heavy (non-hydrogen) atoms. The first-order valence-electron chi connectivity index (χ1n) is 11.4. The Kier molecular flexibility index (Phi) is 7.74. The lowest BCUT2D eigenvalue weighted by atomic mass is 9.91. The maximum atomic E-state index is 13.6. The van der Waals surface area contributed by atoms with Crippen molar-refractivity contribution < 1.29 is 9.63 Å². The number of carbonyl (C=O) groups excluding carboxylic acids is 1. The van der Waals surface area contributed by atoms with Gasteiger partial charge in [-0.2, -0.15) is 5.10 Å². The third kappa shape index (κ3) is 5.49. The molecule has 5 N–H and O–H groups in total. The van der Waals surface area contributed by atoms with Crippen LogP contribution in [0.15, 0.2) is 76.8 Å². The van der Waals surface area contributed by atoms with E-state index in [1.54, 1.807) is 6.20 Å². The average Bonchev–Trinajstić information content (AvgIpc) is 3.33. The molecule has 0 saturated carbocycles. The number of rotatable bonds is 11. The second-order valence-electron chi connectivity index (χ2n) is 8.27. The summed E-state index contributed by atoms with van der Waals surface area (Å²) in [6, 6.07) is 19.5. The molecule has 0 unspecified atom stereocenters. The Hall–Kier alpha value is -4.18. The Morgan fingerprint density at radius 3 is 2.46 bits per heavy atom. The van der Waals surface area contributed by atoms with Crippen molar-refractivity contribution >= 4 is 18.1 Å². The monoisotopic (exact) mass is 475 g/mol. The summed E-state index contributed by atoms with van der Waals surface area (Å²) in [5.74, 6) is 4.78. The lowest BCUT2D eigenvalue weighted by Gasteiger charge is -2.29. The van der Waals surface area contributed by atoms with Gasteiger partial charge in [0.2, 0.25) is 5.91 Å². The van der Waals surface area contributed by atoms with Crippen molar-refractivity contribution in [1.82, 2.24) is 15.0 Å². The molecule has 0 fully saturated rings. The van der Waals surface area contributed by atoms with Gasteiger partial charge in [0.25, 0.3) is 5.56 Å². The van der Waals surface area contributed by atoms with E-state index in [9.17, 15) is 9.59 Å². The van der Waals surface area contributed by atoms with Crippen molar-refractivity contribution in [2.24, 2.45) is 16.7 Å². The second kappa shape index (κ2) is 11.3. The lowest BCUT2D eigenvalue weighted by molar-refractivity contribution is -0.121. The molecule has 2 heterocycles. The molecule has 0 bridgehead atoms. The Bertz CT molecular complexity index is 1180. The van der Waals surface area contributed by atoms with Gasteiger partial charge in [-0.3, -0.25) is 24.5 Å². The first-order chi connectivity index (χ1) is 17.1. The molecule has 0 aliphatic carbocycles. The van der Waals surface area contributed by atoms with Gasteiger partial charge in [0, 0.05) is 30.9 Å². The van der Waals surface area contributed by atoms with Gasteiger partial charge in [0.05, 0.1) is 6.61 Å². The molecule has 182 valence electrons. The number of nitrogens with one attached hydrogen (secondary N) is 1. The first-order valence-corrected chi connectivity index (χ1v) is 11.4. The predicted octanol–water partition coefficient (Wildman–Crippen LogP) is 1.28. The van der Waals surface area contributed by atoms with Crippen LogP contribution in [0.1, 0.15) is 35.2 Å². The van der Waals surface area contributed by atoms with Crippen LogP contribution < -0.4 is 27.5 Å². The van der Waals surface area contributed by atoms with E-state index in [1.807, 2.05) is 41.3 Å². The van der Waals surface area contributed by atoms with E-state index in [-0.39, 0.29) is 23.9 Å². The van der Waals surface area contributed by atoms with E-state index >= 15 is 0 Å². The van der Waals surface area contributed by atoms with E-state index in [1.165, 1.54) is 10.9 Å². The zero-order chi connectivity index (χ0) is 24.6. The standard InChI is InChI=1S/C25H29N7O3/c26-23(33)22-12-11-20-15-28-24(25(34)32(20)22)31(13-14-35-30-17-29-27)16-21(18-7-3-1-4-8-18)19-9-5-2-6-10-19/h1-10,15,17,21-22H,11-14,16,27H2,(H2,26,33)(H,29,30)/t22-/m0/s1. The lowest BCUT2D eigenvalue weighted by Crippen LogP contribution is -2.41. The molecule has 10 nitrogen and oxygen atoms in total. The number of fused-ring (bicyclic) bond motifs is 1. The highest BCUT2D eigenvalue weighted by Gasteiger charge is 2.31. The Balaban J connectivity index is 1.71. The number of benzene rings is 2. The van der Waals surface area contributed by atoms with Gasteiger partial charge < -0.3 is 16.5 Å². The van der Waals surface area contributed by atoms with Crippen LogP contribution in [0.3, 0.4) is 0 Å². The van der Waals surface area contributed by atoms with Crippen molar-refractivity contribution in [3.63, 3.8) is 0 Å². The molecule has 1 aromatic heterocycles. The molecule has 0 spiro atoms. The molecule has 10 heteroatoms. The highest BCUT2D eigenvalue weighted by molar-refractivity contribution is 5.79. The van der Waals surface area contributed by atoms with Crippen molar-refractivity contribution in [2.75, 3.05) is 24.6 Å². The molecular formula is C25H29N7O3. The summed E-state index contributed by atoms with van der Waals surface area (Å²) in [4.78, 5) is 37.3. The van der Waals surface area contributed by atoms with E-state index in [4.69, 9.17) is 16.4 Å². The number of aromatic nitrogens is 2. The average molecular weight is 476 g/mol. The molecule has 0 saturated heterocycles. The van der Waals surface area contributed by atoms with Gasteiger partial charge in [-0.25, -0.2) is 4.98 Å². The van der Waals surface area contributed by atoms with Crippen molar-refractivity contribution in [1.29, 1.82) is 0 Å². The van der Waals surface area contributed by atoms with Crippen LogP contribution in [0.4, 0.5) is 5.82 Å². The molecule has 1 amide bonds. The Labute approximate surface area is 203 Å². The summed E-state index contributed by atoms with van der Waals surface area (Å²) >= 11 is 0. The summed E-state index contributed by atoms with van der Waals surface area (Å²) < 4.78 is 1.48. The van der Waals surface area contributed by atoms with Crippen LogP contribution in [0.2, 0.25) is 0 Å². The summed E-state index contributed by atoms with van der Waals surface area (Å²) in [5.41, 5.74) is 10.7. The van der Waals surface area contributed by atoms with Crippen molar-refractivity contribution in [3.05, 3.63) is 94.0 Å². The van der Waals surface area contributed by atoms with Gasteiger partial charge in [-0.15, -0.1) is 0 Å². The van der Waals surface area contributed by atoms with E-state index in [0.717, 1.165) is 11.1 Å². The quantitative estimate of drug-likeness (QED) is 0.125. The number of hydrazone groups is 1. The highest BCUT2D eigenvalue weighted by Crippen LogP contribution is 2.28. The molecule has 4 rings (SSSR count). The topological polar surface area (TPSA) is 141 Å². The third-order valence-corrected chi connectivity index (χ3v) is 6.15. The number of hydroxylamine groups is 1. The Morgan fingerprint density at radius 2 is 1.86 bits per heavy atom. The highest BCUT2D eigenvalue weighted by atomic mass is 16.6. The van der Waals surface area contributed by atoms with Gasteiger partial charge >= 0.3 is 0 Å². The molecular weight excluding hydrogens is 446 g/mol. The third-order valence-electron chi connectivity index (χ3n) is 6.15. The smallest absolute Gasteiger partial charge is 0.294 e. The number of nitrogens with zero attached hydrogens (tertiary/aromatic N) is 4. The zero-order valence-electron chi connectivity index (χ0n) is 19.3. The van der Waals surface area contributed by atoms with Crippen LogP contribution in [0.25, 0.3) is 0 Å². The fraction of sp³-hybridized carbons (Fsp3) is 0.280. The van der Waals surface area contributed by atoms with Crippen molar-refractivity contribution in [3.8, 4) is 0 Å². The van der Waals surface area contributed by atoms with Crippen LogP contribution in [0.5, 0.6) is 0 Å². The summed E-state index contributed by atoms with van der Waals surface area (Å²) in [6.07, 6.45) is 3.96. The van der Waals surface area contributed by atoms with Crippen LogP contribution >= 0.6 is 0 Å². The number of hydrogen-bond donors (Lipinski definition) is 3. The maximum absolute atomic E-state index is 13.6. The second-order valence-corrected chi connectivity index (χ2v) is 8.27. The van der Waals surface area contributed by atoms with Crippen LogP contribution in [0, 0.1) is 0 Å². The fourth-order valence-corrected chi connectivity index (χ4v) is 4.48. The molecule has 2 aromatic carbocycles. The van der Waals surface area contributed by atoms with Crippen molar-refractivity contribution in [2.45, 2.75) is 24.8 Å². The predicted molar refractivity (Wildman–Crippen MR) is 134 cm³/mol. The van der Waals surface area contributed by atoms with Gasteiger partial charge in [-0.05, 0) is 24.0 Å². The van der Waals surface area contributed by atoms with Gasteiger partial charge in [0.15, 0.2) is 5.82 Å². The number of anilines is 1. The number of nitrogens with two attached hydrogens (primary N) is 2. The zero-order valence-corrected chi connectivity index (χ0v) is 19.3. The largest absolute Gasteiger partial charge is 0.368 e. The summed E-state index contributed by atoms with van der Waals surface area (Å²) in [6.45, 7) is 1.04. The van der Waals surface area contributed by atoms with E-state index in [2.05, 4.69) is 39.8 Å². The van der Waals surface area contributed by atoms with Gasteiger partial charge in [-0.1, -0.05) is 60.7 Å². The van der Waals surface area contributed by atoms with Crippen LogP contribution in [-0.4, -0.2) is 41.5 Å². The first kappa shape index (κ1) is 24.0.